The Hall–Kier alpha value is -2.65. The molecule has 134 valence electrons. The molecule has 2 aromatic rings. The summed E-state index contributed by atoms with van der Waals surface area (Å²) in [4.78, 5) is 23.3. The third kappa shape index (κ3) is 4.68. The summed E-state index contributed by atoms with van der Waals surface area (Å²) in [5, 5.41) is 11.9. The van der Waals surface area contributed by atoms with Crippen LogP contribution in [0.5, 0.6) is 0 Å². The van der Waals surface area contributed by atoms with E-state index in [0.29, 0.717) is 0 Å². The quantitative estimate of drug-likeness (QED) is 0.593. The highest BCUT2D eigenvalue weighted by Crippen LogP contribution is 2.28. The van der Waals surface area contributed by atoms with E-state index in [1.54, 1.807) is 24.3 Å². The number of benzene rings is 1. The van der Waals surface area contributed by atoms with Gasteiger partial charge in [0.15, 0.2) is 9.84 Å². The Kier molecular flexibility index (Phi) is 6.31. The van der Waals surface area contributed by atoms with Crippen molar-refractivity contribution in [2.45, 2.75) is 10.1 Å². The number of hydrogen-bond acceptors (Lipinski definition) is 6. The zero-order valence-electron chi connectivity index (χ0n) is 13.2. The molecule has 1 aromatic carbocycles. The molecule has 0 aliphatic heterocycles. The van der Waals surface area contributed by atoms with Crippen molar-refractivity contribution in [3.05, 3.63) is 54.5 Å². The predicted octanol–water partition coefficient (Wildman–Crippen LogP) is 0.0193. The number of sulfone groups is 1. The number of amides is 2. The molecule has 8 nitrogen and oxygen atoms in total. The molecule has 2 amide bonds. The van der Waals surface area contributed by atoms with Gasteiger partial charge in [-0.15, -0.1) is 0 Å². The van der Waals surface area contributed by atoms with Crippen LogP contribution in [0.15, 0.2) is 58.0 Å². The highest BCUT2D eigenvalue weighted by atomic mass is 32.2. The molecular weight excluding hydrogens is 348 g/mol. The van der Waals surface area contributed by atoms with Gasteiger partial charge < -0.3 is 20.2 Å². The van der Waals surface area contributed by atoms with Crippen LogP contribution in [0.2, 0.25) is 0 Å². The molecule has 3 N–H and O–H groups in total. The van der Waals surface area contributed by atoms with E-state index in [9.17, 15) is 18.0 Å². The van der Waals surface area contributed by atoms with Gasteiger partial charge in [-0.25, -0.2) is 8.42 Å². The van der Waals surface area contributed by atoms with Gasteiger partial charge >= 0.3 is 11.8 Å². The number of carbonyl (C=O) groups excluding carboxylic acids is 2. The van der Waals surface area contributed by atoms with Crippen molar-refractivity contribution < 1.29 is 27.5 Å². The van der Waals surface area contributed by atoms with E-state index in [1.807, 2.05) is 0 Å². The van der Waals surface area contributed by atoms with Gasteiger partial charge in [0, 0.05) is 13.1 Å². The maximum absolute atomic E-state index is 12.8. The minimum absolute atomic E-state index is 0.0732. The van der Waals surface area contributed by atoms with Crippen molar-refractivity contribution in [3.8, 4) is 0 Å². The molecule has 0 fully saturated rings. The van der Waals surface area contributed by atoms with Crippen molar-refractivity contribution >= 4 is 21.7 Å². The summed E-state index contributed by atoms with van der Waals surface area (Å²) in [5.41, 5.74) is 0. The number of rotatable bonds is 7. The standard InChI is InChI=1S/C16H18N2O6S/c19-9-8-17-15(20)16(21)18-11-14(13-7-4-10-24-13)25(22,23)12-5-2-1-3-6-12/h1-7,10,14,19H,8-9,11H2,(H,17,20)(H,18,21)/t14-/m0/s1. The van der Waals surface area contributed by atoms with Crippen LogP contribution in [-0.4, -0.2) is 45.0 Å². The third-order valence-electron chi connectivity index (χ3n) is 3.36. The third-order valence-corrected chi connectivity index (χ3v) is 5.44. The number of hydrogen-bond donors (Lipinski definition) is 3. The molecule has 9 heteroatoms. The van der Waals surface area contributed by atoms with Crippen molar-refractivity contribution in [2.75, 3.05) is 19.7 Å². The number of nitrogens with one attached hydrogen (secondary N) is 2. The Morgan fingerprint density at radius 3 is 2.32 bits per heavy atom. The molecule has 0 radical (unpaired) electrons. The van der Waals surface area contributed by atoms with Crippen LogP contribution < -0.4 is 10.6 Å². The molecule has 0 spiro atoms. The smallest absolute Gasteiger partial charge is 0.309 e. The molecule has 1 atom stereocenters. The predicted molar refractivity (Wildman–Crippen MR) is 88.2 cm³/mol. The fourth-order valence-corrected chi connectivity index (χ4v) is 3.74. The zero-order chi connectivity index (χ0) is 18.3. The van der Waals surface area contributed by atoms with E-state index in [0.717, 1.165) is 0 Å². The van der Waals surface area contributed by atoms with E-state index < -0.39 is 26.9 Å². The first-order chi connectivity index (χ1) is 12.0. The van der Waals surface area contributed by atoms with Crippen molar-refractivity contribution in [3.63, 3.8) is 0 Å². The maximum Gasteiger partial charge on any atom is 0.309 e. The second-order valence-corrected chi connectivity index (χ2v) is 7.18. The second kappa shape index (κ2) is 8.45. The van der Waals surface area contributed by atoms with Gasteiger partial charge in [-0.3, -0.25) is 9.59 Å². The molecule has 0 saturated heterocycles. The summed E-state index contributed by atoms with van der Waals surface area (Å²) >= 11 is 0. The summed E-state index contributed by atoms with van der Waals surface area (Å²) in [6.45, 7) is -0.720. The van der Waals surface area contributed by atoms with E-state index in [1.165, 1.54) is 24.5 Å². The highest BCUT2D eigenvalue weighted by molar-refractivity contribution is 7.91. The average molecular weight is 366 g/mol. The lowest BCUT2D eigenvalue weighted by atomic mass is 10.3. The van der Waals surface area contributed by atoms with Crippen LogP contribution in [0.3, 0.4) is 0 Å². The fraction of sp³-hybridized carbons (Fsp3) is 0.250. The molecule has 25 heavy (non-hydrogen) atoms. The summed E-state index contributed by atoms with van der Waals surface area (Å²) in [7, 11) is -3.84. The minimum atomic E-state index is -3.84. The number of furan rings is 1. The molecule has 0 saturated carbocycles. The van der Waals surface area contributed by atoms with E-state index in [-0.39, 0.29) is 30.4 Å². The van der Waals surface area contributed by atoms with Crippen molar-refractivity contribution in [2.24, 2.45) is 0 Å². The Morgan fingerprint density at radius 2 is 1.72 bits per heavy atom. The number of aliphatic hydroxyl groups excluding tert-OH is 1. The van der Waals surface area contributed by atoms with Crippen LogP contribution in [0, 0.1) is 0 Å². The van der Waals surface area contributed by atoms with Crippen molar-refractivity contribution in [1.82, 2.24) is 10.6 Å². The average Bonchev–Trinajstić information content (AvgIpc) is 3.14. The lowest BCUT2D eigenvalue weighted by molar-refractivity contribution is -0.139. The largest absolute Gasteiger partial charge is 0.468 e. The Morgan fingerprint density at radius 1 is 1.04 bits per heavy atom. The highest BCUT2D eigenvalue weighted by Gasteiger charge is 2.32. The minimum Gasteiger partial charge on any atom is -0.468 e. The number of carbonyl (C=O) groups is 2. The van der Waals surface area contributed by atoms with Gasteiger partial charge in [-0.05, 0) is 24.3 Å². The molecule has 0 unspecified atom stereocenters. The summed E-state index contributed by atoms with van der Waals surface area (Å²) in [6.07, 6.45) is 1.33. The Labute approximate surface area is 144 Å². The number of aliphatic hydroxyl groups is 1. The lowest BCUT2D eigenvalue weighted by Crippen LogP contribution is -2.43. The topological polar surface area (TPSA) is 126 Å². The molecule has 0 aliphatic carbocycles. The molecule has 0 bridgehead atoms. The van der Waals surface area contributed by atoms with Gasteiger partial charge in [0.2, 0.25) is 0 Å². The van der Waals surface area contributed by atoms with Gasteiger partial charge in [-0.1, -0.05) is 18.2 Å². The van der Waals surface area contributed by atoms with Crippen LogP contribution in [0.1, 0.15) is 11.0 Å². The molecule has 1 heterocycles. The molecule has 1 aromatic heterocycles. The van der Waals surface area contributed by atoms with Gasteiger partial charge in [0.05, 0.1) is 17.8 Å². The Balaban J connectivity index is 2.18. The van der Waals surface area contributed by atoms with Crippen LogP contribution in [0.4, 0.5) is 0 Å². The fourth-order valence-electron chi connectivity index (χ4n) is 2.13. The SMILES string of the molecule is O=C(NCCO)C(=O)NC[C@@H](c1ccco1)S(=O)(=O)c1ccccc1. The first-order valence-corrected chi connectivity index (χ1v) is 9.00. The normalized spacial score (nSPS) is 12.4. The first kappa shape index (κ1) is 18.7. The van der Waals surface area contributed by atoms with Crippen LogP contribution >= 0.6 is 0 Å². The summed E-state index contributed by atoms with van der Waals surface area (Å²) in [5.74, 6) is -1.79. The molecule has 0 aliphatic rings. The summed E-state index contributed by atoms with van der Waals surface area (Å²) < 4.78 is 30.9. The van der Waals surface area contributed by atoms with Crippen LogP contribution in [0.25, 0.3) is 0 Å². The van der Waals surface area contributed by atoms with Crippen LogP contribution in [-0.2, 0) is 19.4 Å². The molecular formula is C16H18N2O6S. The Bertz CT molecular complexity index is 802. The second-order valence-electron chi connectivity index (χ2n) is 5.05. The van der Waals surface area contributed by atoms with E-state index in [4.69, 9.17) is 9.52 Å². The zero-order valence-corrected chi connectivity index (χ0v) is 14.0. The first-order valence-electron chi connectivity index (χ1n) is 7.46. The maximum atomic E-state index is 12.8. The monoisotopic (exact) mass is 366 g/mol. The van der Waals surface area contributed by atoms with E-state index in [2.05, 4.69) is 10.6 Å². The summed E-state index contributed by atoms with van der Waals surface area (Å²) in [6, 6.07) is 10.8. The van der Waals surface area contributed by atoms with Crippen molar-refractivity contribution in [1.29, 1.82) is 0 Å². The van der Waals surface area contributed by atoms with E-state index >= 15 is 0 Å². The molecule has 2 rings (SSSR count). The van der Waals surface area contributed by atoms with Gasteiger partial charge in [-0.2, -0.15) is 0 Å². The van der Waals surface area contributed by atoms with Gasteiger partial charge in [0.1, 0.15) is 11.0 Å². The van der Waals surface area contributed by atoms with Gasteiger partial charge in [0.25, 0.3) is 0 Å². The lowest BCUT2D eigenvalue weighted by Gasteiger charge is -2.16.